The van der Waals surface area contributed by atoms with Gasteiger partial charge in [0.15, 0.2) is 0 Å². The van der Waals surface area contributed by atoms with Crippen LogP contribution < -0.4 is 0 Å². The number of furan rings is 1. The van der Waals surface area contributed by atoms with E-state index in [0.29, 0.717) is 0 Å². The number of fused-ring (bicyclic) bond motifs is 8. The van der Waals surface area contributed by atoms with Crippen LogP contribution >= 0.6 is 0 Å². The molecule has 8 rings (SSSR count). The number of rotatable bonds is 4. The van der Waals surface area contributed by atoms with E-state index in [0.717, 1.165) is 34.8 Å². The summed E-state index contributed by atoms with van der Waals surface area (Å²) in [5, 5.41) is 3.65. The van der Waals surface area contributed by atoms with E-state index < -0.39 is 0 Å². The Bertz CT molecular complexity index is 2220. The zero-order valence-electron chi connectivity index (χ0n) is 23.9. The molecule has 0 spiro atoms. The first-order valence-corrected chi connectivity index (χ1v) is 14.7. The maximum atomic E-state index is 6.16. The van der Waals surface area contributed by atoms with Crippen molar-refractivity contribution in [2.24, 2.45) is 0 Å². The average Bonchev–Trinajstić information content (AvgIpc) is 3.60. The van der Waals surface area contributed by atoms with Crippen LogP contribution in [0, 0.1) is 6.92 Å². The molecule has 0 bridgehead atoms. The third-order valence-corrected chi connectivity index (χ3v) is 8.91. The maximum Gasteiger partial charge on any atom is 0.135 e. The van der Waals surface area contributed by atoms with Crippen LogP contribution in [0.25, 0.3) is 66.9 Å². The lowest BCUT2D eigenvalue weighted by molar-refractivity contribution is 0.669. The van der Waals surface area contributed by atoms with E-state index >= 15 is 0 Å². The lowest BCUT2D eigenvalue weighted by Gasteiger charge is -2.13. The molecule has 0 N–H and O–H groups in total. The van der Waals surface area contributed by atoms with Crippen LogP contribution in [0.3, 0.4) is 0 Å². The second-order valence-corrected chi connectivity index (χ2v) is 11.4. The number of benzene rings is 4. The molecule has 2 aromatic heterocycles. The molecule has 0 atom stereocenters. The van der Waals surface area contributed by atoms with Gasteiger partial charge >= 0.3 is 0 Å². The molecule has 42 heavy (non-hydrogen) atoms. The summed E-state index contributed by atoms with van der Waals surface area (Å²) < 4.78 is 8.58. The molecule has 0 amide bonds. The highest BCUT2D eigenvalue weighted by Gasteiger charge is 2.28. The highest BCUT2D eigenvalue weighted by molar-refractivity contribution is 6.10. The molecule has 2 heterocycles. The number of nitrogens with zero attached hydrogens (tertiary/aromatic N) is 1. The first kappa shape index (κ1) is 24.7. The Balaban J connectivity index is 1.40. The van der Waals surface area contributed by atoms with Crippen molar-refractivity contribution in [3.63, 3.8) is 0 Å². The molecule has 2 aliphatic rings. The Morgan fingerprint density at radius 2 is 1.67 bits per heavy atom. The van der Waals surface area contributed by atoms with Gasteiger partial charge in [0.05, 0.1) is 5.52 Å². The van der Waals surface area contributed by atoms with Crippen molar-refractivity contribution in [2.75, 3.05) is 0 Å². The van der Waals surface area contributed by atoms with Crippen LogP contribution in [0.2, 0.25) is 0 Å². The molecule has 2 nitrogen and oxygen atoms in total. The molecule has 6 aromatic rings. The van der Waals surface area contributed by atoms with Gasteiger partial charge in [-0.25, -0.2) is 0 Å². The molecule has 0 radical (unpaired) electrons. The van der Waals surface area contributed by atoms with Gasteiger partial charge in [-0.1, -0.05) is 91.1 Å². The first-order valence-electron chi connectivity index (χ1n) is 14.7. The molecule has 0 aliphatic heterocycles. The van der Waals surface area contributed by atoms with Crippen LogP contribution in [0.4, 0.5) is 0 Å². The number of para-hydroxylation sites is 1. The number of allylic oxidation sites excluding steroid dienone is 8. The van der Waals surface area contributed by atoms with Crippen molar-refractivity contribution in [2.45, 2.75) is 26.7 Å². The second-order valence-electron chi connectivity index (χ2n) is 11.4. The van der Waals surface area contributed by atoms with E-state index in [1.54, 1.807) is 0 Å². The van der Waals surface area contributed by atoms with Gasteiger partial charge < -0.3 is 8.98 Å². The molecule has 0 saturated carbocycles. The van der Waals surface area contributed by atoms with E-state index in [-0.39, 0.29) is 0 Å². The zero-order valence-corrected chi connectivity index (χ0v) is 23.9. The largest absolute Gasteiger partial charge is 0.456 e. The SMILES string of the molecule is C=C/C=C\c1c(C)c2c3c(ccc2n1C1=CCC=C(C)C=C1)Cc1cccc(-c2ccc4oc5ccccc5c4c2)c1-3. The van der Waals surface area contributed by atoms with Crippen molar-refractivity contribution >= 4 is 44.6 Å². The number of aryl methyl sites for hydroxylation is 1. The van der Waals surface area contributed by atoms with Gasteiger partial charge in [-0.3, -0.25) is 0 Å². The summed E-state index contributed by atoms with van der Waals surface area (Å²) in [5.74, 6) is 0. The van der Waals surface area contributed by atoms with Crippen LogP contribution in [0.5, 0.6) is 0 Å². The second kappa shape index (κ2) is 9.49. The predicted octanol–water partition coefficient (Wildman–Crippen LogP) is 11.0. The number of aromatic nitrogens is 1. The van der Waals surface area contributed by atoms with Crippen LogP contribution in [0.15, 0.2) is 126 Å². The van der Waals surface area contributed by atoms with Crippen molar-refractivity contribution in [3.05, 3.63) is 144 Å². The monoisotopic (exact) mass is 541 g/mol. The van der Waals surface area contributed by atoms with Gasteiger partial charge in [0, 0.05) is 27.5 Å². The van der Waals surface area contributed by atoms with Crippen molar-refractivity contribution in [1.29, 1.82) is 0 Å². The van der Waals surface area contributed by atoms with Gasteiger partial charge in [-0.15, -0.1) is 0 Å². The average molecular weight is 542 g/mol. The van der Waals surface area contributed by atoms with Crippen molar-refractivity contribution in [1.82, 2.24) is 4.57 Å². The normalized spacial score (nSPS) is 14.4. The lowest BCUT2D eigenvalue weighted by atomic mass is 9.91. The molecular weight excluding hydrogens is 510 g/mol. The van der Waals surface area contributed by atoms with Gasteiger partial charge in [0.1, 0.15) is 11.2 Å². The van der Waals surface area contributed by atoms with E-state index in [1.165, 1.54) is 66.8 Å². The maximum absolute atomic E-state index is 6.16. The fraction of sp³-hybridized carbons (Fsp3) is 0.100. The summed E-state index contributed by atoms with van der Waals surface area (Å²) in [5.41, 5.74) is 16.1. The van der Waals surface area contributed by atoms with Crippen LogP contribution in [-0.2, 0) is 6.42 Å². The van der Waals surface area contributed by atoms with Gasteiger partial charge in [-0.2, -0.15) is 0 Å². The minimum absolute atomic E-state index is 0.917. The highest BCUT2D eigenvalue weighted by Crippen LogP contribution is 2.49. The molecule has 2 aliphatic carbocycles. The van der Waals surface area contributed by atoms with E-state index in [1.807, 2.05) is 24.3 Å². The fourth-order valence-corrected chi connectivity index (χ4v) is 6.96. The summed E-state index contributed by atoms with van der Waals surface area (Å²) in [6.07, 6.45) is 17.0. The Morgan fingerprint density at radius 1 is 0.810 bits per heavy atom. The summed E-state index contributed by atoms with van der Waals surface area (Å²) in [7, 11) is 0. The molecule has 2 heteroatoms. The summed E-state index contributed by atoms with van der Waals surface area (Å²) >= 11 is 0. The van der Waals surface area contributed by atoms with Crippen molar-refractivity contribution in [3.8, 4) is 22.3 Å². The number of hydrogen-bond acceptors (Lipinski definition) is 1. The predicted molar refractivity (Wildman–Crippen MR) is 179 cm³/mol. The Hall–Kier alpha value is -5.08. The topological polar surface area (TPSA) is 18.1 Å². The first-order chi connectivity index (χ1) is 20.6. The van der Waals surface area contributed by atoms with E-state index in [9.17, 15) is 0 Å². The van der Waals surface area contributed by atoms with Gasteiger partial charge in [-0.05, 0) is 102 Å². The molecule has 4 aromatic carbocycles. The lowest BCUT2D eigenvalue weighted by Crippen LogP contribution is -1.98. The van der Waals surface area contributed by atoms with E-state index in [4.69, 9.17) is 4.42 Å². The molecule has 202 valence electrons. The summed E-state index contributed by atoms with van der Waals surface area (Å²) in [4.78, 5) is 0. The Morgan fingerprint density at radius 3 is 2.57 bits per heavy atom. The quantitative estimate of drug-likeness (QED) is 0.203. The third kappa shape index (κ3) is 3.65. The Labute approximate surface area is 245 Å². The Kier molecular flexibility index (Phi) is 5.58. The van der Waals surface area contributed by atoms with Crippen LogP contribution in [-0.4, -0.2) is 4.57 Å². The van der Waals surface area contributed by atoms with E-state index in [2.05, 4.69) is 116 Å². The smallest absolute Gasteiger partial charge is 0.135 e. The van der Waals surface area contributed by atoms with Gasteiger partial charge in [0.2, 0.25) is 0 Å². The molecule has 0 unspecified atom stereocenters. The minimum Gasteiger partial charge on any atom is -0.456 e. The molecule has 0 fully saturated rings. The van der Waals surface area contributed by atoms with Crippen LogP contribution in [0.1, 0.15) is 35.7 Å². The summed E-state index contributed by atoms with van der Waals surface area (Å²) in [6, 6.07) is 26.4. The standard InChI is InChI=1S/C40H31NO/c1-4-5-15-34-26(3)38-35(41(34)30-12-8-10-25(2)17-20-30)21-18-29-23-28-11-9-14-31(39(28)40(29)38)27-19-22-37-33(24-27)32-13-6-7-16-36(32)42-37/h4-7,9-22,24H,1,8,23H2,2-3H3/b15-5-. The highest BCUT2D eigenvalue weighted by atomic mass is 16.3. The third-order valence-electron chi connectivity index (χ3n) is 8.91. The summed E-state index contributed by atoms with van der Waals surface area (Å²) in [6.45, 7) is 8.40. The zero-order chi connectivity index (χ0) is 28.4. The number of hydrogen-bond donors (Lipinski definition) is 0. The van der Waals surface area contributed by atoms with Crippen molar-refractivity contribution < 1.29 is 4.42 Å². The fourth-order valence-electron chi connectivity index (χ4n) is 6.96. The molecule has 0 saturated heterocycles. The van der Waals surface area contributed by atoms with Gasteiger partial charge in [0.25, 0.3) is 0 Å². The minimum atomic E-state index is 0.917. The molecular formula is C40H31NO.